The van der Waals surface area contributed by atoms with Crippen LogP contribution >= 0.6 is 0 Å². The van der Waals surface area contributed by atoms with Crippen molar-refractivity contribution in [2.45, 2.75) is 45.8 Å². The highest BCUT2D eigenvalue weighted by atomic mass is 19.1. The molecule has 1 N–H and O–H groups in total. The van der Waals surface area contributed by atoms with Crippen LogP contribution in [0.5, 0.6) is 0 Å². The molecule has 0 bridgehead atoms. The fourth-order valence-corrected chi connectivity index (χ4v) is 1.61. The Morgan fingerprint density at radius 2 is 2.06 bits per heavy atom. The second-order valence-electron chi connectivity index (χ2n) is 4.70. The molecule has 0 aliphatic rings. The third-order valence-corrected chi connectivity index (χ3v) is 2.67. The van der Waals surface area contributed by atoms with Crippen LogP contribution in [0.25, 0.3) is 0 Å². The normalized spacial score (nSPS) is 12.9. The predicted octanol–water partition coefficient (Wildman–Crippen LogP) is 3.08. The largest absolute Gasteiger partial charge is 0.379 e. The summed E-state index contributed by atoms with van der Waals surface area (Å²) in [6, 6.07) is 3.31. The van der Waals surface area contributed by atoms with Gasteiger partial charge >= 0.3 is 0 Å². The van der Waals surface area contributed by atoms with Crippen LogP contribution in [0.2, 0.25) is 0 Å². The number of halogens is 1. The number of nitrogens with zero attached hydrogens (tertiary/aromatic N) is 1. The molecule has 0 spiro atoms. The molecule has 0 aromatic carbocycles. The lowest BCUT2D eigenvalue weighted by atomic mass is 10.2. The van der Waals surface area contributed by atoms with Gasteiger partial charge in [0.2, 0.25) is 0 Å². The number of hydrogen-bond acceptors (Lipinski definition) is 3. The molecule has 0 saturated carbocycles. The van der Waals surface area contributed by atoms with Crippen LogP contribution in [0.4, 0.5) is 4.39 Å². The van der Waals surface area contributed by atoms with Crippen LogP contribution in [-0.2, 0) is 4.74 Å². The molecule has 1 aromatic rings. The molecule has 1 unspecified atom stereocenters. The maximum atomic E-state index is 12.7. The van der Waals surface area contributed by atoms with Crippen molar-refractivity contribution in [2.75, 3.05) is 13.2 Å². The molecular formula is C14H23FN2O. The number of hydrogen-bond donors (Lipinski definition) is 1. The van der Waals surface area contributed by atoms with E-state index in [-0.39, 0.29) is 11.9 Å². The van der Waals surface area contributed by atoms with Crippen molar-refractivity contribution >= 4 is 0 Å². The standard InChI is InChI=1S/C14H23FN2O/c1-11(2)18-9-5-4-8-16-12(3)14-7-6-13(15)10-17-14/h6-7,10-12,16H,4-5,8-9H2,1-3H3. The van der Waals surface area contributed by atoms with E-state index in [1.807, 2.05) is 20.8 Å². The van der Waals surface area contributed by atoms with Crippen LogP contribution in [0.1, 0.15) is 45.3 Å². The van der Waals surface area contributed by atoms with Crippen LogP contribution in [-0.4, -0.2) is 24.2 Å². The first-order valence-electron chi connectivity index (χ1n) is 6.56. The van der Waals surface area contributed by atoms with Crippen molar-refractivity contribution in [3.05, 3.63) is 29.8 Å². The quantitative estimate of drug-likeness (QED) is 0.724. The summed E-state index contributed by atoms with van der Waals surface area (Å²) in [7, 11) is 0. The molecule has 1 heterocycles. The summed E-state index contributed by atoms with van der Waals surface area (Å²) in [6.45, 7) is 7.84. The number of ether oxygens (including phenoxy) is 1. The van der Waals surface area contributed by atoms with E-state index in [4.69, 9.17) is 4.74 Å². The number of pyridine rings is 1. The zero-order valence-corrected chi connectivity index (χ0v) is 11.4. The Kier molecular flexibility index (Phi) is 6.83. The summed E-state index contributed by atoms with van der Waals surface area (Å²) < 4.78 is 18.2. The molecule has 0 aliphatic heterocycles. The van der Waals surface area contributed by atoms with Gasteiger partial charge in [-0.15, -0.1) is 0 Å². The van der Waals surface area contributed by atoms with Gasteiger partial charge in [0.25, 0.3) is 0 Å². The van der Waals surface area contributed by atoms with Gasteiger partial charge < -0.3 is 10.1 Å². The Bertz CT molecular complexity index is 327. The summed E-state index contributed by atoms with van der Waals surface area (Å²) in [5.41, 5.74) is 0.870. The summed E-state index contributed by atoms with van der Waals surface area (Å²) in [5, 5.41) is 3.37. The number of aromatic nitrogens is 1. The van der Waals surface area contributed by atoms with Crippen molar-refractivity contribution in [2.24, 2.45) is 0 Å². The molecule has 0 radical (unpaired) electrons. The summed E-state index contributed by atoms with van der Waals surface area (Å²) in [5.74, 6) is -0.295. The highest BCUT2D eigenvalue weighted by Gasteiger charge is 2.05. The second kappa shape index (κ2) is 8.16. The van der Waals surface area contributed by atoms with Crippen LogP contribution < -0.4 is 5.32 Å². The van der Waals surface area contributed by atoms with Crippen LogP contribution in [0.15, 0.2) is 18.3 Å². The first kappa shape index (κ1) is 15.1. The minimum Gasteiger partial charge on any atom is -0.379 e. The van der Waals surface area contributed by atoms with Crippen LogP contribution in [0.3, 0.4) is 0 Å². The molecule has 1 aromatic heterocycles. The van der Waals surface area contributed by atoms with Gasteiger partial charge in [-0.1, -0.05) is 0 Å². The second-order valence-corrected chi connectivity index (χ2v) is 4.70. The fourth-order valence-electron chi connectivity index (χ4n) is 1.61. The Morgan fingerprint density at radius 1 is 1.28 bits per heavy atom. The van der Waals surface area contributed by atoms with E-state index in [1.165, 1.54) is 12.3 Å². The smallest absolute Gasteiger partial charge is 0.141 e. The topological polar surface area (TPSA) is 34.1 Å². The van der Waals surface area contributed by atoms with Crippen molar-refractivity contribution in [3.63, 3.8) is 0 Å². The summed E-state index contributed by atoms with van der Waals surface area (Å²) in [4.78, 5) is 4.05. The lowest BCUT2D eigenvalue weighted by molar-refractivity contribution is 0.0759. The Morgan fingerprint density at radius 3 is 2.67 bits per heavy atom. The van der Waals surface area contributed by atoms with Gasteiger partial charge in [0.15, 0.2) is 0 Å². The monoisotopic (exact) mass is 254 g/mol. The van der Waals surface area contributed by atoms with E-state index >= 15 is 0 Å². The van der Waals surface area contributed by atoms with Gasteiger partial charge in [-0.2, -0.15) is 0 Å². The molecule has 0 aliphatic carbocycles. The fraction of sp³-hybridized carbons (Fsp3) is 0.643. The van der Waals surface area contributed by atoms with Crippen molar-refractivity contribution in [1.82, 2.24) is 10.3 Å². The Labute approximate surface area is 109 Å². The van der Waals surface area contributed by atoms with E-state index in [1.54, 1.807) is 6.07 Å². The van der Waals surface area contributed by atoms with Crippen LogP contribution in [0, 0.1) is 5.82 Å². The van der Waals surface area contributed by atoms with E-state index < -0.39 is 0 Å². The Balaban J connectivity index is 2.13. The molecule has 102 valence electrons. The highest BCUT2D eigenvalue weighted by Crippen LogP contribution is 2.09. The van der Waals surface area contributed by atoms with Crippen molar-refractivity contribution < 1.29 is 9.13 Å². The third-order valence-electron chi connectivity index (χ3n) is 2.67. The molecule has 0 fully saturated rings. The molecule has 18 heavy (non-hydrogen) atoms. The summed E-state index contributed by atoms with van der Waals surface area (Å²) in [6.07, 6.45) is 3.68. The molecule has 3 nitrogen and oxygen atoms in total. The molecule has 0 amide bonds. The van der Waals surface area contributed by atoms with E-state index in [0.29, 0.717) is 6.10 Å². The SMILES string of the molecule is CC(C)OCCCCNC(C)c1ccc(F)cn1. The average Bonchev–Trinajstić information content (AvgIpc) is 2.34. The predicted molar refractivity (Wildman–Crippen MR) is 70.9 cm³/mol. The van der Waals surface area contributed by atoms with Gasteiger partial charge in [0.1, 0.15) is 5.82 Å². The maximum absolute atomic E-state index is 12.7. The molecule has 0 saturated heterocycles. The number of rotatable bonds is 8. The van der Waals surface area contributed by atoms with Crippen molar-refractivity contribution in [1.29, 1.82) is 0 Å². The minimum absolute atomic E-state index is 0.150. The molecule has 4 heteroatoms. The van der Waals surface area contributed by atoms with E-state index in [9.17, 15) is 4.39 Å². The van der Waals surface area contributed by atoms with E-state index in [0.717, 1.165) is 31.7 Å². The van der Waals surface area contributed by atoms with E-state index in [2.05, 4.69) is 10.3 Å². The first-order chi connectivity index (χ1) is 8.59. The molecule has 1 rings (SSSR count). The average molecular weight is 254 g/mol. The number of unbranched alkanes of at least 4 members (excludes halogenated alkanes) is 1. The third kappa shape index (κ3) is 6.07. The van der Waals surface area contributed by atoms with Gasteiger partial charge in [-0.05, 0) is 52.3 Å². The highest BCUT2D eigenvalue weighted by molar-refractivity contribution is 5.08. The van der Waals surface area contributed by atoms with Gasteiger partial charge in [0.05, 0.1) is 18.0 Å². The summed E-state index contributed by atoms with van der Waals surface area (Å²) >= 11 is 0. The molecule has 1 atom stereocenters. The molecular weight excluding hydrogens is 231 g/mol. The van der Waals surface area contributed by atoms with Gasteiger partial charge in [-0.3, -0.25) is 4.98 Å². The zero-order chi connectivity index (χ0) is 13.4. The zero-order valence-electron chi connectivity index (χ0n) is 11.4. The number of nitrogens with one attached hydrogen (secondary N) is 1. The van der Waals surface area contributed by atoms with Gasteiger partial charge in [-0.25, -0.2) is 4.39 Å². The maximum Gasteiger partial charge on any atom is 0.141 e. The van der Waals surface area contributed by atoms with Gasteiger partial charge in [0, 0.05) is 12.6 Å². The Hall–Kier alpha value is -1.00. The minimum atomic E-state index is -0.295. The lowest BCUT2D eigenvalue weighted by Gasteiger charge is -2.13. The lowest BCUT2D eigenvalue weighted by Crippen LogP contribution is -2.21. The first-order valence-corrected chi connectivity index (χ1v) is 6.56. The van der Waals surface area contributed by atoms with Crippen molar-refractivity contribution in [3.8, 4) is 0 Å².